The van der Waals surface area contributed by atoms with E-state index in [4.69, 9.17) is 19.5 Å². The van der Waals surface area contributed by atoms with E-state index in [1.54, 1.807) is 19.9 Å². The molecule has 0 aromatic heterocycles. The topological polar surface area (TPSA) is 115 Å². The number of fused-ring (bicyclic) bond motifs is 1. The van der Waals surface area contributed by atoms with Crippen molar-refractivity contribution in [1.82, 2.24) is 4.72 Å². The number of rotatable bonds is 6. The molecule has 24 heavy (non-hydrogen) atoms. The number of nitrogens with zero attached hydrogens (tertiary/aromatic N) is 1. The van der Waals surface area contributed by atoms with E-state index >= 15 is 0 Å². The lowest BCUT2D eigenvalue weighted by Crippen LogP contribution is -2.45. The number of nitriles is 1. The van der Waals surface area contributed by atoms with Gasteiger partial charge in [0.05, 0.1) is 4.90 Å². The van der Waals surface area contributed by atoms with Crippen LogP contribution in [-0.2, 0) is 19.6 Å². The molecule has 9 heteroatoms. The fourth-order valence-corrected chi connectivity index (χ4v) is 3.42. The summed E-state index contributed by atoms with van der Waals surface area (Å²) in [5, 5.41) is 8.47. The molecule has 1 aromatic carbocycles. The third-order valence-electron chi connectivity index (χ3n) is 3.31. The highest BCUT2D eigenvalue weighted by Crippen LogP contribution is 2.32. The Hall–Kier alpha value is -2.31. The Balaban J connectivity index is 2.22. The minimum Gasteiger partial charge on any atom is -0.486 e. The molecule has 130 valence electrons. The van der Waals surface area contributed by atoms with Crippen molar-refractivity contribution in [3.05, 3.63) is 18.2 Å². The molecule has 0 spiro atoms. The molecule has 0 radical (unpaired) electrons. The average Bonchev–Trinajstić information content (AvgIpc) is 2.56. The van der Waals surface area contributed by atoms with Gasteiger partial charge in [-0.25, -0.2) is 8.42 Å². The first-order chi connectivity index (χ1) is 11.3. The molecule has 1 aliphatic heterocycles. The summed E-state index contributed by atoms with van der Waals surface area (Å²) in [4.78, 5) is 11.9. The van der Waals surface area contributed by atoms with Gasteiger partial charge in [-0.1, -0.05) is 13.8 Å². The van der Waals surface area contributed by atoms with E-state index < -0.39 is 28.6 Å². The van der Waals surface area contributed by atoms with Crippen LogP contribution in [-0.4, -0.2) is 40.2 Å². The lowest BCUT2D eigenvalue weighted by Gasteiger charge is -2.21. The minimum atomic E-state index is -3.98. The first kappa shape index (κ1) is 18.0. The van der Waals surface area contributed by atoms with Gasteiger partial charge in [0.2, 0.25) is 10.0 Å². The number of benzene rings is 1. The van der Waals surface area contributed by atoms with Crippen molar-refractivity contribution in [3.8, 4) is 17.6 Å². The van der Waals surface area contributed by atoms with E-state index in [0.717, 1.165) is 0 Å². The standard InChI is InChI=1S/C15H18N2O6S/c1-10(2)14(15(18)23-6-5-16)17-24(19,20)11-3-4-12-13(9-11)22-8-7-21-12/h3-4,9-10,14,17H,6-8H2,1-2H3. The molecule has 0 bridgehead atoms. The molecule has 0 amide bonds. The largest absolute Gasteiger partial charge is 0.486 e. The van der Waals surface area contributed by atoms with Gasteiger partial charge in [0.15, 0.2) is 18.1 Å². The van der Waals surface area contributed by atoms with Crippen LogP contribution in [0.15, 0.2) is 23.1 Å². The zero-order valence-corrected chi connectivity index (χ0v) is 14.1. The van der Waals surface area contributed by atoms with Crippen LogP contribution in [0.25, 0.3) is 0 Å². The summed E-state index contributed by atoms with van der Waals surface area (Å²) < 4.78 is 42.8. The molecule has 1 N–H and O–H groups in total. The highest BCUT2D eigenvalue weighted by molar-refractivity contribution is 7.89. The molecular weight excluding hydrogens is 336 g/mol. The Morgan fingerprint density at radius 1 is 1.33 bits per heavy atom. The number of hydrogen-bond acceptors (Lipinski definition) is 7. The average molecular weight is 354 g/mol. The van der Waals surface area contributed by atoms with Crippen molar-refractivity contribution in [1.29, 1.82) is 5.26 Å². The summed E-state index contributed by atoms with van der Waals surface area (Å²) in [7, 11) is -3.98. The monoisotopic (exact) mass is 354 g/mol. The van der Waals surface area contributed by atoms with E-state index in [0.29, 0.717) is 24.7 Å². The maximum atomic E-state index is 12.5. The number of sulfonamides is 1. The summed E-state index contributed by atoms with van der Waals surface area (Å²) >= 11 is 0. The second-order valence-electron chi connectivity index (χ2n) is 5.41. The van der Waals surface area contributed by atoms with Crippen LogP contribution >= 0.6 is 0 Å². The van der Waals surface area contributed by atoms with E-state index in [1.807, 2.05) is 0 Å². The quantitative estimate of drug-likeness (QED) is 0.752. The molecule has 1 unspecified atom stereocenters. The van der Waals surface area contributed by atoms with E-state index in [-0.39, 0.29) is 10.8 Å². The summed E-state index contributed by atoms with van der Waals surface area (Å²) in [6, 6.07) is 4.78. The van der Waals surface area contributed by atoms with Crippen molar-refractivity contribution < 1.29 is 27.4 Å². The molecular formula is C15H18N2O6S. The van der Waals surface area contributed by atoms with Crippen LogP contribution in [0.1, 0.15) is 13.8 Å². The van der Waals surface area contributed by atoms with Crippen LogP contribution in [0.5, 0.6) is 11.5 Å². The van der Waals surface area contributed by atoms with Gasteiger partial charge in [-0.05, 0) is 18.1 Å². The highest BCUT2D eigenvalue weighted by Gasteiger charge is 2.30. The number of carbonyl (C=O) groups excluding carboxylic acids is 1. The van der Waals surface area contributed by atoms with Crippen molar-refractivity contribution in [2.45, 2.75) is 24.8 Å². The van der Waals surface area contributed by atoms with E-state index in [2.05, 4.69) is 4.72 Å². The van der Waals surface area contributed by atoms with Gasteiger partial charge in [0, 0.05) is 6.07 Å². The third kappa shape index (κ3) is 4.15. The van der Waals surface area contributed by atoms with Crippen molar-refractivity contribution in [2.75, 3.05) is 19.8 Å². The Morgan fingerprint density at radius 3 is 2.62 bits per heavy atom. The zero-order valence-electron chi connectivity index (χ0n) is 13.3. The van der Waals surface area contributed by atoms with Crippen molar-refractivity contribution >= 4 is 16.0 Å². The van der Waals surface area contributed by atoms with Gasteiger partial charge in [-0.2, -0.15) is 9.98 Å². The second-order valence-corrected chi connectivity index (χ2v) is 7.13. The highest BCUT2D eigenvalue weighted by atomic mass is 32.2. The predicted octanol–water partition coefficient (Wildman–Crippen LogP) is 0.827. The van der Waals surface area contributed by atoms with E-state index in [9.17, 15) is 13.2 Å². The molecule has 0 saturated heterocycles. The Labute approximate surface area is 140 Å². The SMILES string of the molecule is CC(C)C(NS(=O)(=O)c1ccc2c(c1)OCCO2)C(=O)OCC#N. The molecule has 1 aromatic rings. The van der Waals surface area contributed by atoms with Gasteiger partial charge in [0.25, 0.3) is 0 Å². The minimum absolute atomic E-state index is 0.0505. The maximum Gasteiger partial charge on any atom is 0.325 e. The first-order valence-electron chi connectivity index (χ1n) is 7.30. The normalized spacial score (nSPS) is 14.8. The maximum absolute atomic E-state index is 12.5. The summed E-state index contributed by atoms with van der Waals surface area (Å²) in [6.45, 7) is 3.64. The van der Waals surface area contributed by atoms with Gasteiger partial charge in [-0.15, -0.1) is 0 Å². The molecule has 0 aliphatic carbocycles. The first-order valence-corrected chi connectivity index (χ1v) is 8.79. The lowest BCUT2D eigenvalue weighted by atomic mass is 10.1. The fraction of sp³-hybridized carbons (Fsp3) is 0.467. The third-order valence-corrected chi connectivity index (χ3v) is 4.74. The van der Waals surface area contributed by atoms with Crippen LogP contribution in [0, 0.1) is 17.2 Å². The Kier molecular flexibility index (Phi) is 5.64. The lowest BCUT2D eigenvalue weighted by molar-refractivity contribution is -0.145. The number of hydrogen-bond donors (Lipinski definition) is 1. The zero-order chi connectivity index (χ0) is 17.7. The van der Waals surface area contributed by atoms with Gasteiger partial charge in [-0.3, -0.25) is 4.79 Å². The summed E-state index contributed by atoms with van der Waals surface area (Å²) in [6.07, 6.45) is 0. The van der Waals surface area contributed by atoms with Crippen molar-refractivity contribution in [3.63, 3.8) is 0 Å². The van der Waals surface area contributed by atoms with E-state index in [1.165, 1.54) is 18.2 Å². The molecule has 8 nitrogen and oxygen atoms in total. The summed E-state index contributed by atoms with van der Waals surface area (Å²) in [5.74, 6) is -0.359. The Bertz CT molecular complexity index is 754. The molecule has 1 heterocycles. The number of ether oxygens (including phenoxy) is 3. The molecule has 0 saturated carbocycles. The molecule has 1 atom stereocenters. The molecule has 0 fully saturated rings. The fourth-order valence-electron chi connectivity index (χ4n) is 2.08. The molecule has 1 aliphatic rings. The van der Waals surface area contributed by atoms with Crippen LogP contribution in [0.3, 0.4) is 0 Å². The Morgan fingerprint density at radius 2 is 2.00 bits per heavy atom. The van der Waals surface area contributed by atoms with Crippen LogP contribution in [0.2, 0.25) is 0 Å². The van der Waals surface area contributed by atoms with Gasteiger partial charge >= 0.3 is 5.97 Å². The second kappa shape index (κ2) is 7.51. The van der Waals surface area contributed by atoms with Crippen LogP contribution in [0.4, 0.5) is 0 Å². The smallest absolute Gasteiger partial charge is 0.325 e. The number of carbonyl (C=O) groups is 1. The predicted molar refractivity (Wildman–Crippen MR) is 83.0 cm³/mol. The number of esters is 1. The van der Waals surface area contributed by atoms with Gasteiger partial charge in [0.1, 0.15) is 25.3 Å². The van der Waals surface area contributed by atoms with Crippen molar-refractivity contribution in [2.24, 2.45) is 5.92 Å². The number of nitrogens with one attached hydrogen (secondary N) is 1. The van der Waals surface area contributed by atoms with Gasteiger partial charge < -0.3 is 14.2 Å². The molecule has 2 rings (SSSR count). The summed E-state index contributed by atoms with van der Waals surface area (Å²) in [5.41, 5.74) is 0. The van der Waals surface area contributed by atoms with Crippen LogP contribution < -0.4 is 14.2 Å².